The number of allylic oxidation sites excluding steroid dienone is 13. The van der Waals surface area contributed by atoms with Gasteiger partial charge in [0.05, 0.1) is 12.8 Å². The van der Waals surface area contributed by atoms with Crippen LogP contribution < -0.4 is 0 Å². The summed E-state index contributed by atoms with van der Waals surface area (Å²) in [4.78, 5) is 0. The fraction of sp³-hybridized carbons (Fsp3) is 0.250. The molecular weight excluding hydrogens is 418 g/mol. The number of halogens is 6. The van der Waals surface area contributed by atoms with Gasteiger partial charge in [-0.2, -0.15) is 8.78 Å². The highest BCUT2D eigenvalue weighted by Crippen LogP contribution is 2.33. The Labute approximate surface area is 179 Å². The molecule has 0 N–H and O–H groups in total. The highest BCUT2D eigenvalue weighted by molar-refractivity contribution is 5.49. The summed E-state index contributed by atoms with van der Waals surface area (Å²) in [6.07, 6.45) is 2.53. The van der Waals surface area contributed by atoms with Crippen LogP contribution in [0.5, 0.6) is 0 Å². The molecular formula is C24H26F6O. The van der Waals surface area contributed by atoms with E-state index >= 15 is 0 Å². The van der Waals surface area contributed by atoms with E-state index in [-0.39, 0.29) is 6.33 Å². The molecule has 0 saturated carbocycles. The van der Waals surface area contributed by atoms with Crippen molar-refractivity contribution in [3.63, 3.8) is 0 Å². The van der Waals surface area contributed by atoms with E-state index < -0.39 is 41.3 Å². The van der Waals surface area contributed by atoms with Crippen molar-refractivity contribution in [1.29, 1.82) is 0 Å². The zero-order valence-corrected chi connectivity index (χ0v) is 17.9. The minimum Gasteiger partial charge on any atom is -0.432 e. The predicted octanol–water partition coefficient (Wildman–Crippen LogP) is 8.96. The topological polar surface area (TPSA) is 9.23 Å². The Hall–Kier alpha value is -2.96. The summed E-state index contributed by atoms with van der Waals surface area (Å²) in [7, 11) is 0. The van der Waals surface area contributed by atoms with Crippen molar-refractivity contribution in [3.05, 3.63) is 108 Å². The van der Waals surface area contributed by atoms with Gasteiger partial charge in [0, 0.05) is 11.6 Å². The standard InChI is InChI=1S/C24H26F6O/c1-7-18(11-10-16(4)5)19(8-2)12-23(28)20(15-25)14-24(29,30)31-21(9-3)13-22(27)17(6)26/h7-13,15H,3-4,14H2,1-2,5-6H3/b11-10-,18-7-,19-8+,20-15+,21-13+,22-17-,23-12+. The van der Waals surface area contributed by atoms with Crippen molar-refractivity contribution in [2.45, 2.75) is 40.2 Å². The van der Waals surface area contributed by atoms with Crippen molar-refractivity contribution >= 4 is 0 Å². The van der Waals surface area contributed by atoms with Gasteiger partial charge in [-0.05, 0) is 51.0 Å². The van der Waals surface area contributed by atoms with Crippen LogP contribution >= 0.6 is 0 Å². The molecule has 0 aliphatic heterocycles. The lowest BCUT2D eigenvalue weighted by Gasteiger charge is -2.19. The van der Waals surface area contributed by atoms with Gasteiger partial charge < -0.3 is 4.74 Å². The molecule has 0 heterocycles. The van der Waals surface area contributed by atoms with E-state index in [4.69, 9.17) is 0 Å². The largest absolute Gasteiger partial charge is 0.432 e. The van der Waals surface area contributed by atoms with Crippen LogP contribution in [0, 0.1) is 0 Å². The maximum absolute atomic E-state index is 14.6. The Morgan fingerprint density at radius 2 is 1.55 bits per heavy atom. The lowest BCUT2D eigenvalue weighted by atomic mass is 10.0. The van der Waals surface area contributed by atoms with E-state index in [1.165, 1.54) is 6.08 Å². The van der Waals surface area contributed by atoms with Crippen LogP contribution in [0.15, 0.2) is 108 Å². The first kappa shape index (κ1) is 28.0. The summed E-state index contributed by atoms with van der Waals surface area (Å²) >= 11 is 0. The van der Waals surface area contributed by atoms with E-state index in [0.717, 1.165) is 18.6 Å². The van der Waals surface area contributed by atoms with Gasteiger partial charge in [0.15, 0.2) is 5.83 Å². The minimum atomic E-state index is -4.13. The van der Waals surface area contributed by atoms with E-state index in [1.54, 1.807) is 39.0 Å². The molecule has 0 rings (SSSR count). The molecule has 0 aromatic heterocycles. The molecule has 0 saturated heterocycles. The number of ether oxygens (including phenoxy) is 1. The first-order valence-corrected chi connectivity index (χ1v) is 9.17. The van der Waals surface area contributed by atoms with E-state index in [0.29, 0.717) is 23.3 Å². The molecule has 0 aliphatic carbocycles. The zero-order valence-electron chi connectivity index (χ0n) is 17.9. The Morgan fingerprint density at radius 1 is 0.968 bits per heavy atom. The fourth-order valence-electron chi connectivity index (χ4n) is 2.11. The second kappa shape index (κ2) is 13.4. The van der Waals surface area contributed by atoms with Crippen LogP contribution in [-0.4, -0.2) is 6.11 Å². The smallest absolute Gasteiger partial charge is 0.402 e. The van der Waals surface area contributed by atoms with Gasteiger partial charge >= 0.3 is 6.11 Å². The number of rotatable bonds is 11. The monoisotopic (exact) mass is 444 g/mol. The quantitative estimate of drug-likeness (QED) is 0.176. The molecule has 0 spiro atoms. The first-order valence-electron chi connectivity index (χ1n) is 9.17. The van der Waals surface area contributed by atoms with Gasteiger partial charge in [-0.3, -0.25) is 0 Å². The lowest BCUT2D eigenvalue weighted by Crippen LogP contribution is -2.21. The summed E-state index contributed by atoms with van der Waals surface area (Å²) in [5, 5.41) is 0. The molecule has 0 radical (unpaired) electrons. The Morgan fingerprint density at radius 3 is 1.97 bits per heavy atom. The van der Waals surface area contributed by atoms with Gasteiger partial charge in [-0.15, -0.1) is 0 Å². The molecule has 1 nitrogen and oxygen atoms in total. The van der Waals surface area contributed by atoms with Crippen molar-refractivity contribution in [1.82, 2.24) is 0 Å². The molecule has 0 aromatic carbocycles. The third-order valence-corrected chi connectivity index (χ3v) is 3.69. The number of hydrogen-bond donors (Lipinski definition) is 0. The van der Waals surface area contributed by atoms with Gasteiger partial charge in [0.2, 0.25) is 0 Å². The molecule has 0 amide bonds. The summed E-state index contributed by atoms with van der Waals surface area (Å²) in [6, 6.07) is 0. The highest BCUT2D eigenvalue weighted by atomic mass is 19.3. The van der Waals surface area contributed by atoms with Gasteiger partial charge in [0.1, 0.15) is 17.4 Å². The predicted molar refractivity (Wildman–Crippen MR) is 114 cm³/mol. The molecule has 31 heavy (non-hydrogen) atoms. The molecule has 170 valence electrons. The molecule has 0 atom stereocenters. The highest BCUT2D eigenvalue weighted by Gasteiger charge is 2.35. The third-order valence-electron chi connectivity index (χ3n) is 3.69. The molecule has 0 bridgehead atoms. The maximum Gasteiger partial charge on any atom is 0.402 e. The Bertz CT molecular complexity index is 876. The summed E-state index contributed by atoms with van der Waals surface area (Å²) < 4.78 is 86.5. The molecule has 0 aliphatic rings. The SMILES string of the molecule is C=C/C(=C\C(F)=C(/C)F)OC(F)(F)CC(=C\F)/C(F)=C\C(=C/C)C(\C=C/C(=C)C)=C/C. The van der Waals surface area contributed by atoms with Crippen LogP contribution in [0.4, 0.5) is 26.3 Å². The Kier molecular flexibility index (Phi) is 12.1. The van der Waals surface area contributed by atoms with Gasteiger partial charge in [0.25, 0.3) is 0 Å². The minimum absolute atomic E-state index is 0.307. The van der Waals surface area contributed by atoms with Crippen LogP contribution in [0.25, 0.3) is 0 Å². The van der Waals surface area contributed by atoms with Crippen molar-refractivity contribution < 1.29 is 31.1 Å². The van der Waals surface area contributed by atoms with Crippen LogP contribution in [0.1, 0.15) is 34.1 Å². The third kappa shape index (κ3) is 10.6. The van der Waals surface area contributed by atoms with Gasteiger partial charge in [-0.1, -0.05) is 43.0 Å². The van der Waals surface area contributed by atoms with Crippen LogP contribution in [-0.2, 0) is 4.74 Å². The summed E-state index contributed by atoms with van der Waals surface area (Å²) in [5.74, 6) is -4.77. The summed E-state index contributed by atoms with van der Waals surface area (Å²) in [5.41, 5.74) is 0.631. The average Bonchev–Trinajstić information content (AvgIpc) is 2.70. The normalized spacial score (nSPS) is 15.9. The Balaban J connectivity index is 5.76. The maximum atomic E-state index is 14.6. The molecule has 0 aromatic rings. The van der Waals surface area contributed by atoms with Gasteiger partial charge in [-0.25, -0.2) is 17.6 Å². The van der Waals surface area contributed by atoms with E-state index in [2.05, 4.69) is 17.9 Å². The van der Waals surface area contributed by atoms with Crippen LogP contribution in [0.3, 0.4) is 0 Å². The van der Waals surface area contributed by atoms with Crippen molar-refractivity contribution in [2.75, 3.05) is 0 Å². The van der Waals surface area contributed by atoms with Crippen LogP contribution in [0.2, 0.25) is 0 Å². The first-order chi connectivity index (χ1) is 14.4. The fourth-order valence-corrected chi connectivity index (χ4v) is 2.11. The van der Waals surface area contributed by atoms with E-state index in [1.807, 2.05) is 0 Å². The second-order valence-electron chi connectivity index (χ2n) is 6.34. The molecule has 0 fully saturated rings. The molecule has 0 unspecified atom stereocenters. The second-order valence-corrected chi connectivity index (χ2v) is 6.34. The van der Waals surface area contributed by atoms with Crippen molar-refractivity contribution in [2.24, 2.45) is 0 Å². The molecule has 7 heteroatoms. The van der Waals surface area contributed by atoms with E-state index in [9.17, 15) is 26.3 Å². The zero-order chi connectivity index (χ0) is 24.2. The van der Waals surface area contributed by atoms with Crippen molar-refractivity contribution in [3.8, 4) is 0 Å². The average molecular weight is 444 g/mol. The number of hydrogen-bond acceptors (Lipinski definition) is 1. The number of alkyl halides is 2. The summed E-state index contributed by atoms with van der Waals surface area (Å²) in [6.45, 7) is 12.7. The lowest BCUT2D eigenvalue weighted by molar-refractivity contribution is -0.209.